The van der Waals surface area contributed by atoms with Crippen molar-refractivity contribution in [2.24, 2.45) is 0 Å². The first-order valence-corrected chi connectivity index (χ1v) is 12.7. The van der Waals surface area contributed by atoms with Crippen LogP contribution in [0.2, 0.25) is 0 Å². The van der Waals surface area contributed by atoms with E-state index in [0.717, 1.165) is 50.0 Å². The van der Waals surface area contributed by atoms with Crippen LogP contribution in [0.15, 0.2) is 48.5 Å². The monoisotopic (exact) mass is 504 g/mol. The van der Waals surface area contributed by atoms with Crippen LogP contribution in [0.5, 0.6) is 11.5 Å². The number of hydrogen-bond acceptors (Lipinski definition) is 5. The highest BCUT2D eigenvalue weighted by Gasteiger charge is 2.18. The number of para-hydroxylation sites is 1. The summed E-state index contributed by atoms with van der Waals surface area (Å²) in [5, 5.41) is 16.8. The molecular formula is C28H41ClN2O4. The van der Waals surface area contributed by atoms with Crippen molar-refractivity contribution in [1.29, 1.82) is 0 Å². The average Bonchev–Trinajstić information content (AvgIpc) is 3.07. The van der Waals surface area contributed by atoms with Gasteiger partial charge in [-0.2, -0.15) is 0 Å². The smallest absolute Gasteiger partial charge is 0.257 e. The summed E-state index contributed by atoms with van der Waals surface area (Å²) < 4.78 is 11.4. The molecule has 3 rings (SSSR count). The predicted molar refractivity (Wildman–Crippen MR) is 143 cm³/mol. The molecule has 6 nitrogen and oxygen atoms in total. The third-order valence-corrected chi connectivity index (χ3v) is 6.19. The van der Waals surface area contributed by atoms with Crippen molar-refractivity contribution in [2.75, 3.05) is 26.3 Å². The first kappa shape index (κ1) is 29.0. The van der Waals surface area contributed by atoms with Crippen molar-refractivity contribution in [3.63, 3.8) is 0 Å². The lowest BCUT2D eigenvalue weighted by atomic mass is 10.0. The molecule has 7 heteroatoms. The van der Waals surface area contributed by atoms with Gasteiger partial charge in [-0.25, -0.2) is 0 Å². The second kappa shape index (κ2) is 16.4. The van der Waals surface area contributed by atoms with Crippen molar-refractivity contribution >= 4 is 18.3 Å². The molecule has 0 bridgehead atoms. The standard InChI is InChI=1S/C28H40N2O4.ClH/c1-2-3-4-8-16-29-28(32)21-34-27-15-14-22-10-9-11-24(17-23(22)18-27)30-19-25(31)20-33-26-12-6-5-7-13-26;/h5-7,12-15,18,24-25,30-31H,2-4,8-11,16-17,19-21H2,1H3,(H,29,32);1H/t24?,25-;/m0./s1. The normalized spacial score (nSPS) is 15.8. The molecule has 0 saturated carbocycles. The molecule has 0 aromatic heterocycles. The second-order valence-electron chi connectivity index (χ2n) is 9.11. The van der Waals surface area contributed by atoms with Gasteiger partial charge in [-0.05, 0) is 67.5 Å². The minimum atomic E-state index is -0.571. The summed E-state index contributed by atoms with van der Waals surface area (Å²) in [6, 6.07) is 16.0. The van der Waals surface area contributed by atoms with Crippen molar-refractivity contribution in [3.8, 4) is 11.5 Å². The molecule has 194 valence electrons. The second-order valence-corrected chi connectivity index (χ2v) is 9.11. The molecule has 0 spiro atoms. The quantitative estimate of drug-likeness (QED) is 0.261. The Kier molecular flexibility index (Phi) is 13.6. The lowest BCUT2D eigenvalue weighted by molar-refractivity contribution is -0.123. The molecule has 1 amide bonds. The summed E-state index contributed by atoms with van der Waals surface area (Å²) >= 11 is 0. The van der Waals surface area contributed by atoms with Crippen LogP contribution < -0.4 is 20.1 Å². The lowest BCUT2D eigenvalue weighted by Crippen LogP contribution is -2.39. The summed E-state index contributed by atoms with van der Waals surface area (Å²) in [5.41, 5.74) is 2.59. The van der Waals surface area contributed by atoms with Crippen LogP contribution in [0.1, 0.15) is 56.6 Å². The van der Waals surface area contributed by atoms with Gasteiger partial charge in [-0.3, -0.25) is 4.79 Å². The first-order chi connectivity index (χ1) is 16.6. The molecule has 1 aliphatic rings. The number of benzene rings is 2. The largest absolute Gasteiger partial charge is 0.491 e. The molecule has 2 aromatic rings. The SMILES string of the molecule is CCCCCCNC(=O)COc1ccc2c(c1)CC(NC[C@H](O)COc1ccccc1)CCC2.Cl. The Hall–Kier alpha value is -2.28. The zero-order valence-corrected chi connectivity index (χ0v) is 21.7. The zero-order chi connectivity index (χ0) is 24.0. The van der Waals surface area contributed by atoms with Gasteiger partial charge in [-0.1, -0.05) is 50.5 Å². The third-order valence-electron chi connectivity index (χ3n) is 6.19. The molecule has 0 saturated heterocycles. The fourth-order valence-electron chi connectivity index (χ4n) is 4.26. The van der Waals surface area contributed by atoms with Gasteiger partial charge >= 0.3 is 0 Å². The summed E-state index contributed by atoms with van der Waals surface area (Å²) in [6.07, 6.45) is 8.05. The minimum absolute atomic E-state index is 0. The fraction of sp³-hybridized carbons (Fsp3) is 0.536. The summed E-state index contributed by atoms with van der Waals surface area (Å²) in [7, 11) is 0. The van der Waals surface area contributed by atoms with E-state index in [9.17, 15) is 9.90 Å². The highest BCUT2D eigenvalue weighted by atomic mass is 35.5. The van der Waals surface area contributed by atoms with Crippen molar-refractivity contribution in [2.45, 2.75) is 70.4 Å². The number of rotatable bonds is 14. The molecule has 0 radical (unpaired) electrons. The number of fused-ring (bicyclic) bond motifs is 1. The number of unbranched alkanes of at least 4 members (excludes halogenated alkanes) is 3. The number of ether oxygens (including phenoxy) is 2. The Morgan fingerprint density at radius 3 is 2.69 bits per heavy atom. The Morgan fingerprint density at radius 2 is 1.89 bits per heavy atom. The molecule has 3 N–H and O–H groups in total. The van der Waals surface area contributed by atoms with Crippen LogP contribution in [0.3, 0.4) is 0 Å². The molecule has 0 fully saturated rings. The zero-order valence-electron chi connectivity index (χ0n) is 20.8. The van der Waals surface area contributed by atoms with Gasteiger partial charge in [0.2, 0.25) is 0 Å². The van der Waals surface area contributed by atoms with Crippen LogP contribution >= 0.6 is 12.4 Å². The molecule has 2 atom stereocenters. The number of aliphatic hydroxyl groups excluding tert-OH is 1. The molecule has 1 unspecified atom stereocenters. The van der Waals surface area contributed by atoms with E-state index in [4.69, 9.17) is 9.47 Å². The average molecular weight is 505 g/mol. The summed E-state index contributed by atoms with van der Waals surface area (Å²) in [4.78, 5) is 12.1. The van der Waals surface area contributed by atoms with Gasteiger partial charge in [0.25, 0.3) is 5.91 Å². The van der Waals surface area contributed by atoms with E-state index in [0.29, 0.717) is 13.1 Å². The molecule has 0 aliphatic heterocycles. The van der Waals surface area contributed by atoms with Crippen molar-refractivity contribution in [1.82, 2.24) is 10.6 Å². The number of carbonyl (C=O) groups is 1. The summed E-state index contributed by atoms with van der Waals surface area (Å²) in [5.74, 6) is 1.43. The topological polar surface area (TPSA) is 79.8 Å². The number of hydrogen-bond donors (Lipinski definition) is 3. The van der Waals surface area contributed by atoms with Crippen LogP contribution in [0.4, 0.5) is 0 Å². The van der Waals surface area contributed by atoms with Crippen molar-refractivity contribution < 1.29 is 19.4 Å². The number of amides is 1. The van der Waals surface area contributed by atoms with E-state index in [2.05, 4.69) is 29.7 Å². The van der Waals surface area contributed by atoms with Crippen LogP contribution in [-0.4, -0.2) is 49.5 Å². The Labute approximate surface area is 216 Å². The highest BCUT2D eigenvalue weighted by Crippen LogP contribution is 2.25. The lowest BCUT2D eigenvalue weighted by Gasteiger charge is -2.20. The van der Waals surface area contributed by atoms with E-state index in [-0.39, 0.29) is 37.6 Å². The number of nitrogens with one attached hydrogen (secondary N) is 2. The summed E-state index contributed by atoms with van der Waals surface area (Å²) in [6.45, 7) is 3.68. The van der Waals surface area contributed by atoms with Gasteiger partial charge in [0, 0.05) is 19.1 Å². The fourth-order valence-corrected chi connectivity index (χ4v) is 4.26. The van der Waals surface area contributed by atoms with Crippen LogP contribution in [0.25, 0.3) is 0 Å². The molecule has 2 aromatic carbocycles. The number of carbonyl (C=O) groups excluding carboxylic acids is 1. The Morgan fingerprint density at radius 1 is 1.06 bits per heavy atom. The highest BCUT2D eigenvalue weighted by molar-refractivity contribution is 5.85. The Balaban J connectivity index is 0.00000432. The van der Waals surface area contributed by atoms with E-state index in [1.807, 2.05) is 36.4 Å². The van der Waals surface area contributed by atoms with Gasteiger partial charge < -0.3 is 25.2 Å². The molecule has 1 aliphatic carbocycles. The minimum Gasteiger partial charge on any atom is -0.491 e. The van der Waals surface area contributed by atoms with E-state index in [1.165, 1.54) is 24.0 Å². The maximum Gasteiger partial charge on any atom is 0.257 e. The molecule has 0 heterocycles. The van der Waals surface area contributed by atoms with Gasteiger partial charge in [0.1, 0.15) is 24.2 Å². The van der Waals surface area contributed by atoms with E-state index >= 15 is 0 Å². The molecule has 35 heavy (non-hydrogen) atoms. The van der Waals surface area contributed by atoms with Crippen LogP contribution in [0, 0.1) is 0 Å². The van der Waals surface area contributed by atoms with Gasteiger partial charge in [0.05, 0.1) is 0 Å². The Bertz CT molecular complexity index is 865. The maximum absolute atomic E-state index is 12.1. The number of halogens is 1. The number of aryl methyl sites for hydroxylation is 1. The number of aliphatic hydroxyl groups is 1. The first-order valence-electron chi connectivity index (χ1n) is 12.7. The van der Waals surface area contributed by atoms with E-state index < -0.39 is 6.10 Å². The van der Waals surface area contributed by atoms with Gasteiger partial charge in [0.15, 0.2) is 6.61 Å². The predicted octanol–water partition coefficient (Wildman–Crippen LogP) is 4.46. The third kappa shape index (κ3) is 10.9. The van der Waals surface area contributed by atoms with Gasteiger partial charge in [-0.15, -0.1) is 12.4 Å². The molecular weight excluding hydrogens is 464 g/mol. The maximum atomic E-state index is 12.1. The van der Waals surface area contributed by atoms with E-state index in [1.54, 1.807) is 0 Å². The van der Waals surface area contributed by atoms with Crippen molar-refractivity contribution in [3.05, 3.63) is 59.7 Å². The van der Waals surface area contributed by atoms with Crippen LogP contribution in [-0.2, 0) is 17.6 Å².